The fourth-order valence-electron chi connectivity index (χ4n) is 2.38. The zero-order chi connectivity index (χ0) is 19.9. The van der Waals surface area contributed by atoms with Crippen LogP contribution in [0, 0.1) is 0 Å². The Morgan fingerprint density at radius 1 is 1.00 bits per heavy atom. The van der Waals surface area contributed by atoms with E-state index in [2.05, 4.69) is 15.4 Å². The molecular formula is C19H23N3O4S. The topological polar surface area (TPSA) is 104 Å². The Morgan fingerprint density at radius 3 is 2.44 bits per heavy atom. The maximum absolute atomic E-state index is 12.6. The van der Waals surface area contributed by atoms with Crippen molar-refractivity contribution in [2.24, 2.45) is 0 Å². The van der Waals surface area contributed by atoms with Gasteiger partial charge in [0.2, 0.25) is 10.0 Å². The molecule has 0 aliphatic heterocycles. The Balaban J connectivity index is 2.22. The van der Waals surface area contributed by atoms with Gasteiger partial charge in [0.15, 0.2) is 0 Å². The molecule has 0 atom stereocenters. The molecule has 8 heteroatoms. The van der Waals surface area contributed by atoms with Crippen molar-refractivity contribution in [3.8, 4) is 0 Å². The quantitative estimate of drug-likeness (QED) is 0.603. The smallest absolute Gasteiger partial charge is 0.255 e. The highest BCUT2D eigenvalue weighted by Crippen LogP contribution is 2.18. The van der Waals surface area contributed by atoms with Gasteiger partial charge in [0.25, 0.3) is 11.8 Å². The van der Waals surface area contributed by atoms with Crippen molar-refractivity contribution in [2.45, 2.75) is 24.7 Å². The summed E-state index contributed by atoms with van der Waals surface area (Å²) in [5, 5.41) is 5.49. The molecule has 0 heterocycles. The number of hydrogen-bond acceptors (Lipinski definition) is 4. The van der Waals surface area contributed by atoms with Crippen LogP contribution in [0.15, 0.2) is 53.4 Å². The number of carbonyl (C=O) groups is 2. The summed E-state index contributed by atoms with van der Waals surface area (Å²) in [6, 6.07) is 12.4. The summed E-state index contributed by atoms with van der Waals surface area (Å²) in [5.74, 6) is -0.775. The molecule has 3 N–H and O–H groups in total. The van der Waals surface area contributed by atoms with Crippen molar-refractivity contribution in [3.05, 3.63) is 59.7 Å². The van der Waals surface area contributed by atoms with Crippen LogP contribution in [-0.4, -0.2) is 33.8 Å². The van der Waals surface area contributed by atoms with Crippen LogP contribution < -0.4 is 15.4 Å². The third kappa shape index (κ3) is 5.38. The minimum absolute atomic E-state index is 0.0109. The number of nitrogens with one attached hydrogen (secondary N) is 3. The summed E-state index contributed by atoms with van der Waals surface area (Å²) in [5.41, 5.74) is 0.881. The predicted octanol–water partition coefficient (Wildman–Crippen LogP) is 2.38. The predicted molar refractivity (Wildman–Crippen MR) is 104 cm³/mol. The highest BCUT2D eigenvalue weighted by molar-refractivity contribution is 7.89. The fraction of sp³-hybridized carbons (Fsp3) is 0.263. The molecule has 0 radical (unpaired) electrons. The number of rotatable bonds is 8. The fourth-order valence-corrected chi connectivity index (χ4v) is 3.16. The van der Waals surface area contributed by atoms with Gasteiger partial charge >= 0.3 is 0 Å². The number of amides is 2. The van der Waals surface area contributed by atoms with Crippen LogP contribution >= 0.6 is 0 Å². The molecule has 2 rings (SSSR count). The van der Waals surface area contributed by atoms with Gasteiger partial charge in [0.1, 0.15) is 0 Å². The van der Waals surface area contributed by atoms with Gasteiger partial charge < -0.3 is 10.6 Å². The first-order valence-corrected chi connectivity index (χ1v) is 10.1. The average Bonchev–Trinajstić information content (AvgIpc) is 2.68. The van der Waals surface area contributed by atoms with Crippen molar-refractivity contribution in [1.29, 1.82) is 0 Å². The number of unbranched alkanes of at least 4 members (excludes halogenated alkanes) is 1. The first-order chi connectivity index (χ1) is 12.9. The molecular weight excluding hydrogens is 366 g/mol. The molecule has 0 unspecified atom stereocenters. The number of anilines is 1. The van der Waals surface area contributed by atoms with Crippen molar-refractivity contribution >= 4 is 27.5 Å². The summed E-state index contributed by atoms with van der Waals surface area (Å²) >= 11 is 0. The van der Waals surface area contributed by atoms with Crippen LogP contribution in [0.3, 0.4) is 0 Å². The molecule has 0 saturated heterocycles. The van der Waals surface area contributed by atoms with Gasteiger partial charge in [-0.15, -0.1) is 0 Å². The maximum atomic E-state index is 12.6. The molecule has 0 saturated carbocycles. The Labute approximate surface area is 159 Å². The summed E-state index contributed by atoms with van der Waals surface area (Å²) in [4.78, 5) is 24.9. The third-order valence-corrected chi connectivity index (χ3v) is 5.32. The van der Waals surface area contributed by atoms with E-state index in [9.17, 15) is 18.0 Å². The van der Waals surface area contributed by atoms with Gasteiger partial charge in [-0.25, -0.2) is 13.1 Å². The first kappa shape index (κ1) is 20.6. The number of para-hydroxylation sites is 1. The van der Waals surface area contributed by atoms with E-state index in [4.69, 9.17) is 0 Å². The highest BCUT2D eigenvalue weighted by Gasteiger charge is 2.16. The van der Waals surface area contributed by atoms with E-state index >= 15 is 0 Å². The lowest BCUT2D eigenvalue weighted by Crippen LogP contribution is -2.26. The lowest BCUT2D eigenvalue weighted by Gasteiger charge is -2.12. The number of sulfonamides is 1. The zero-order valence-electron chi connectivity index (χ0n) is 15.3. The SMILES string of the molecule is CCCCNC(=O)c1ccccc1NC(=O)c1cccc(S(=O)(=O)NC)c1. The summed E-state index contributed by atoms with van der Waals surface area (Å²) in [6.45, 7) is 2.59. The Kier molecular flexibility index (Phi) is 7.09. The van der Waals surface area contributed by atoms with Gasteiger partial charge in [-0.1, -0.05) is 31.5 Å². The van der Waals surface area contributed by atoms with E-state index in [1.54, 1.807) is 24.3 Å². The van der Waals surface area contributed by atoms with Crippen LogP contribution in [0.2, 0.25) is 0 Å². The molecule has 0 aromatic heterocycles. The second-order valence-corrected chi connectivity index (χ2v) is 7.73. The van der Waals surface area contributed by atoms with Crippen LogP contribution in [0.1, 0.15) is 40.5 Å². The molecule has 27 heavy (non-hydrogen) atoms. The van der Waals surface area contributed by atoms with Gasteiger partial charge in [0.05, 0.1) is 16.1 Å². The van der Waals surface area contributed by atoms with Gasteiger partial charge in [-0.05, 0) is 43.8 Å². The zero-order valence-corrected chi connectivity index (χ0v) is 16.1. The molecule has 2 aromatic carbocycles. The van der Waals surface area contributed by atoms with Crippen LogP contribution in [-0.2, 0) is 10.0 Å². The monoisotopic (exact) mass is 389 g/mol. The number of benzene rings is 2. The van der Waals surface area contributed by atoms with Crippen molar-refractivity contribution in [2.75, 3.05) is 18.9 Å². The molecule has 2 aromatic rings. The van der Waals surface area contributed by atoms with E-state index in [1.807, 2.05) is 6.92 Å². The Bertz CT molecular complexity index is 926. The lowest BCUT2D eigenvalue weighted by atomic mass is 10.1. The first-order valence-electron chi connectivity index (χ1n) is 8.61. The number of carbonyl (C=O) groups excluding carboxylic acids is 2. The molecule has 0 spiro atoms. The lowest BCUT2D eigenvalue weighted by molar-refractivity contribution is 0.0954. The maximum Gasteiger partial charge on any atom is 0.255 e. The second kappa shape index (κ2) is 9.29. The minimum Gasteiger partial charge on any atom is -0.352 e. The van der Waals surface area contributed by atoms with Gasteiger partial charge in [-0.3, -0.25) is 9.59 Å². The van der Waals surface area contributed by atoms with Crippen molar-refractivity contribution in [1.82, 2.24) is 10.0 Å². The van der Waals surface area contributed by atoms with Crippen LogP contribution in [0.25, 0.3) is 0 Å². The summed E-state index contributed by atoms with van der Waals surface area (Å²) < 4.78 is 26.0. The standard InChI is InChI=1S/C19H23N3O4S/c1-3-4-12-21-19(24)16-10-5-6-11-17(16)22-18(23)14-8-7-9-15(13-14)27(25,26)20-2/h5-11,13,20H,3-4,12H2,1-2H3,(H,21,24)(H,22,23). The normalized spacial score (nSPS) is 11.0. The highest BCUT2D eigenvalue weighted by atomic mass is 32.2. The van der Waals surface area contributed by atoms with Crippen molar-refractivity contribution in [3.63, 3.8) is 0 Å². The molecule has 0 aliphatic carbocycles. The van der Waals surface area contributed by atoms with E-state index in [1.165, 1.54) is 31.3 Å². The number of hydrogen-bond donors (Lipinski definition) is 3. The van der Waals surface area contributed by atoms with Crippen LogP contribution in [0.4, 0.5) is 5.69 Å². The molecule has 0 aliphatic rings. The molecule has 0 bridgehead atoms. The largest absolute Gasteiger partial charge is 0.352 e. The van der Waals surface area contributed by atoms with E-state index in [-0.39, 0.29) is 16.4 Å². The second-order valence-electron chi connectivity index (χ2n) is 5.84. The molecule has 7 nitrogen and oxygen atoms in total. The average molecular weight is 389 g/mol. The van der Waals surface area contributed by atoms with E-state index in [0.717, 1.165) is 12.8 Å². The summed E-state index contributed by atoms with van der Waals surface area (Å²) in [7, 11) is -2.35. The van der Waals surface area contributed by atoms with Gasteiger partial charge in [0, 0.05) is 12.1 Å². The van der Waals surface area contributed by atoms with E-state index < -0.39 is 15.9 Å². The van der Waals surface area contributed by atoms with E-state index in [0.29, 0.717) is 17.8 Å². The minimum atomic E-state index is -3.66. The molecule has 2 amide bonds. The summed E-state index contributed by atoms with van der Waals surface area (Å²) in [6.07, 6.45) is 1.83. The van der Waals surface area contributed by atoms with Crippen molar-refractivity contribution < 1.29 is 18.0 Å². The Morgan fingerprint density at radius 2 is 1.74 bits per heavy atom. The molecule has 144 valence electrons. The molecule has 0 fully saturated rings. The van der Waals surface area contributed by atoms with Gasteiger partial charge in [-0.2, -0.15) is 0 Å². The van der Waals surface area contributed by atoms with Crippen LogP contribution in [0.5, 0.6) is 0 Å². The Hall–Kier alpha value is -2.71. The third-order valence-electron chi connectivity index (χ3n) is 3.91.